The van der Waals surface area contributed by atoms with E-state index in [9.17, 15) is 13.2 Å². The highest BCUT2D eigenvalue weighted by molar-refractivity contribution is 9.11. The molecule has 0 saturated carbocycles. The maximum atomic E-state index is 13.3. The summed E-state index contributed by atoms with van der Waals surface area (Å²) in [6, 6.07) is 13.6. The molecule has 0 saturated heterocycles. The van der Waals surface area contributed by atoms with Gasteiger partial charge >= 0.3 is 0 Å². The third kappa shape index (κ3) is 5.32. The van der Waals surface area contributed by atoms with Crippen LogP contribution in [-0.2, 0) is 11.9 Å². The van der Waals surface area contributed by atoms with Crippen LogP contribution in [0.4, 0.5) is 13.2 Å². The highest BCUT2D eigenvalue weighted by Gasteiger charge is 2.19. The molecule has 3 aromatic rings. The van der Waals surface area contributed by atoms with Crippen molar-refractivity contribution in [1.82, 2.24) is 0 Å². The van der Waals surface area contributed by atoms with E-state index in [-0.39, 0.29) is 24.1 Å². The van der Waals surface area contributed by atoms with E-state index in [0.29, 0.717) is 11.1 Å². The number of fused-ring (bicyclic) bond motifs is 2. The number of rotatable bonds is 1. The smallest absolute Gasteiger partial charge is 0.130 e. The first-order chi connectivity index (χ1) is 13.9. The number of ether oxygens (including phenoxy) is 1. The van der Waals surface area contributed by atoms with Gasteiger partial charge in [-0.2, -0.15) is 0 Å². The van der Waals surface area contributed by atoms with Gasteiger partial charge in [0.1, 0.15) is 29.8 Å². The molecule has 0 unspecified atom stereocenters. The van der Waals surface area contributed by atoms with Crippen LogP contribution in [0.5, 0.6) is 5.75 Å². The molecule has 0 aliphatic carbocycles. The summed E-state index contributed by atoms with van der Waals surface area (Å²) >= 11 is 9.86. The highest BCUT2D eigenvalue weighted by Crippen LogP contribution is 2.37. The molecule has 0 amide bonds. The lowest BCUT2D eigenvalue weighted by atomic mass is 9.96. The van der Waals surface area contributed by atoms with Crippen molar-refractivity contribution in [3.05, 3.63) is 104 Å². The fourth-order valence-electron chi connectivity index (χ4n) is 2.85. The van der Waals surface area contributed by atoms with Gasteiger partial charge in [0.25, 0.3) is 0 Å². The van der Waals surface area contributed by atoms with Crippen molar-refractivity contribution in [2.24, 2.45) is 0 Å². The average molecular weight is 591 g/mol. The molecule has 1 aliphatic rings. The van der Waals surface area contributed by atoms with Gasteiger partial charge in [-0.25, -0.2) is 13.2 Å². The van der Waals surface area contributed by atoms with Crippen LogP contribution >= 0.6 is 47.8 Å². The topological polar surface area (TPSA) is 9.23 Å². The first kappa shape index (κ1) is 22.1. The molecule has 0 bridgehead atoms. The van der Waals surface area contributed by atoms with Crippen molar-refractivity contribution in [2.75, 3.05) is 0 Å². The number of halogens is 6. The molecule has 3 aromatic carbocycles. The average Bonchev–Trinajstić information content (AvgIpc) is 2.86. The lowest BCUT2D eigenvalue weighted by Crippen LogP contribution is -1.96. The van der Waals surface area contributed by atoms with E-state index in [1.165, 1.54) is 36.4 Å². The number of hydrogen-bond acceptors (Lipinski definition) is 1. The molecule has 150 valence electrons. The molecule has 29 heavy (non-hydrogen) atoms. The molecule has 4 rings (SSSR count). The van der Waals surface area contributed by atoms with Crippen LogP contribution < -0.4 is 4.74 Å². The van der Waals surface area contributed by atoms with Gasteiger partial charge in [0, 0.05) is 27.0 Å². The minimum atomic E-state index is -0.357. The van der Waals surface area contributed by atoms with Crippen LogP contribution in [0.3, 0.4) is 0 Å². The van der Waals surface area contributed by atoms with Crippen molar-refractivity contribution in [1.29, 1.82) is 0 Å². The Balaban J connectivity index is 0.000000204. The molecular weight excluding hydrogens is 577 g/mol. The first-order valence-corrected chi connectivity index (χ1v) is 11.3. The molecular formula is C22H14Br3F3O. The summed E-state index contributed by atoms with van der Waals surface area (Å²) in [4.78, 5) is 1.75. The minimum absolute atomic E-state index is 0.197. The zero-order valence-corrected chi connectivity index (χ0v) is 19.6. The van der Waals surface area contributed by atoms with Crippen LogP contribution in [0.1, 0.15) is 22.3 Å². The molecule has 0 spiro atoms. The number of benzene rings is 3. The van der Waals surface area contributed by atoms with Crippen LogP contribution in [0.25, 0.3) is 5.57 Å². The third-order valence-corrected chi connectivity index (χ3v) is 6.07. The van der Waals surface area contributed by atoms with Crippen molar-refractivity contribution in [3.63, 3.8) is 0 Å². The maximum Gasteiger partial charge on any atom is 0.130 e. The highest BCUT2D eigenvalue weighted by atomic mass is 79.9. The molecule has 0 radical (unpaired) electrons. The van der Waals surface area contributed by atoms with Gasteiger partial charge in [0.15, 0.2) is 0 Å². The fourth-order valence-corrected chi connectivity index (χ4v) is 4.57. The van der Waals surface area contributed by atoms with Gasteiger partial charge < -0.3 is 4.74 Å². The van der Waals surface area contributed by atoms with E-state index in [1.807, 2.05) is 0 Å². The van der Waals surface area contributed by atoms with Crippen LogP contribution in [0, 0.1) is 17.5 Å². The second-order valence-corrected chi connectivity index (χ2v) is 8.00. The summed E-state index contributed by atoms with van der Waals surface area (Å²) in [5.74, 6) is -0.404. The lowest BCUT2D eigenvalue weighted by molar-refractivity contribution is 0.305. The third-order valence-electron chi connectivity index (χ3n) is 4.24. The summed E-state index contributed by atoms with van der Waals surface area (Å²) in [5, 5.41) is 0.672. The molecule has 1 heterocycles. The quantitative estimate of drug-likeness (QED) is 0.260. The second kappa shape index (κ2) is 9.96. The summed E-state index contributed by atoms with van der Waals surface area (Å²) in [6.07, 6.45) is 0. The van der Waals surface area contributed by atoms with Crippen LogP contribution in [-0.4, -0.2) is 0 Å². The zero-order chi connectivity index (χ0) is 21.0. The van der Waals surface area contributed by atoms with Gasteiger partial charge in [0.2, 0.25) is 0 Å². The molecule has 1 nitrogen and oxygen atoms in total. The van der Waals surface area contributed by atoms with E-state index < -0.39 is 0 Å². The van der Waals surface area contributed by atoms with Crippen LogP contribution in [0.15, 0.2) is 64.1 Å². The minimum Gasteiger partial charge on any atom is -0.488 e. The standard InChI is InChI=1S/C15H9BrF2O.C7H5Br2F/c16-7-14-12-3-1-10(17)5-9(12)8-19-15-6-11(18)2-4-13(14)15;8-4-5-3-6(10)1-2-7(5)9/h1-7H,8H2;1-3H,4H2/b14-7+;. The van der Waals surface area contributed by atoms with Gasteiger partial charge in [-0.3, -0.25) is 0 Å². The van der Waals surface area contributed by atoms with Gasteiger partial charge in [0.05, 0.1) is 0 Å². The molecule has 0 fully saturated rings. The molecule has 0 aromatic heterocycles. The predicted molar refractivity (Wildman–Crippen MR) is 120 cm³/mol. The van der Waals surface area contributed by atoms with Gasteiger partial charge in [-0.15, -0.1) is 0 Å². The van der Waals surface area contributed by atoms with E-state index in [0.717, 1.165) is 32.3 Å². The predicted octanol–water partition coefficient (Wildman–Crippen LogP) is 8.12. The van der Waals surface area contributed by atoms with Gasteiger partial charge in [-0.05, 0) is 64.1 Å². The molecule has 1 aliphatic heterocycles. The first-order valence-electron chi connectivity index (χ1n) is 8.44. The summed E-state index contributed by atoms with van der Waals surface area (Å²) in [5.41, 5.74) is 4.18. The number of alkyl halides is 1. The maximum absolute atomic E-state index is 13.3. The zero-order valence-electron chi connectivity index (χ0n) is 14.9. The largest absolute Gasteiger partial charge is 0.488 e. The molecule has 0 atom stereocenters. The number of hydrogen-bond donors (Lipinski definition) is 0. The van der Waals surface area contributed by atoms with E-state index in [4.69, 9.17) is 4.74 Å². The van der Waals surface area contributed by atoms with E-state index in [1.54, 1.807) is 23.2 Å². The Morgan fingerprint density at radius 1 is 0.862 bits per heavy atom. The fraction of sp³-hybridized carbons (Fsp3) is 0.0909. The molecule has 7 heteroatoms. The Bertz CT molecular complexity index is 1010. The van der Waals surface area contributed by atoms with Crippen molar-refractivity contribution in [3.8, 4) is 5.75 Å². The Kier molecular flexibility index (Phi) is 7.60. The summed E-state index contributed by atoms with van der Waals surface area (Å²) < 4.78 is 45.6. The van der Waals surface area contributed by atoms with E-state index >= 15 is 0 Å². The van der Waals surface area contributed by atoms with Crippen molar-refractivity contribution in [2.45, 2.75) is 11.9 Å². The van der Waals surface area contributed by atoms with E-state index in [2.05, 4.69) is 47.8 Å². The summed E-state index contributed by atoms with van der Waals surface area (Å²) in [6.45, 7) is 0.216. The van der Waals surface area contributed by atoms with Crippen molar-refractivity contribution < 1.29 is 17.9 Å². The Morgan fingerprint density at radius 3 is 2.14 bits per heavy atom. The SMILES string of the molecule is Fc1ccc(Br)c(CBr)c1.Fc1ccc2c(c1)COc1cc(F)ccc1/C2=C/Br. The normalized spacial score (nSPS) is 13.5. The Morgan fingerprint density at radius 2 is 1.48 bits per heavy atom. The Hall–Kier alpha value is -1.57. The lowest BCUT2D eigenvalue weighted by Gasteiger charge is -2.09. The Labute approximate surface area is 192 Å². The summed E-state index contributed by atoms with van der Waals surface area (Å²) in [7, 11) is 0. The molecule has 0 N–H and O–H groups in total. The van der Waals surface area contributed by atoms with Crippen LogP contribution in [0.2, 0.25) is 0 Å². The van der Waals surface area contributed by atoms with Crippen molar-refractivity contribution >= 4 is 53.4 Å². The van der Waals surface area contributed by atoms with Gasteiger partial charge in [-0.1, -0.05) is 53.9 Å². The monoisotopic (exact) mass is 588 g/mol. The second-order valence-electron chi connectivity index (χ2n) is 6.12.